The first kappa shape index (κ1) is 30.2. The molecule has 10 heteroatoms. The lowest BCUT2D eigenvalue weighted by atomic mass is 10.0. The fourth-order valence-corrected chi connectivity index (χ4v) is 4.12. The Bertz CT molecular complexity index is 1340. The van der Waals surface area contributed by atoms with E-state index in [1.54, 1.807) is 52.9 Å². The number of rotatable bonds is 9. The largest absolute Gasteiger partial charge is 0.467 e. The van der Waals surface area contributed by atoms with E-state index in [9.17, 15) is 19.2 Å². The lowest BCUT2D eigenvalue weighted by Crippen LogP contribution is -2.54. The zero-order valence-electron chi connectivity index (χ0n) is 23.7. The smallest absolute Gasteiger partial charge is 0.419 e. The summed E-state index contributed by atoms with van der Waals surface area (Å²) in [6.45, 7) is 8.91. The van der Waals surface area contributed by atoms with Crippen molar-refractivity contribution in [1.29, 1.82) is 0 Å². The number of nitrogens with zero attached hydrogens (tertiary/aromatic N) is 1. The number of carbonyl (C=O) groups is 4. The van der Waals surface area contributed by atoms with Crippen LogP contribution in [0.3, 0.4) is 0 Å². The molecular weight excluding hydrogens is 514 g/mol. The van der Waals surface area contributed by atoms with E-state index in [1.165, 1.54) is 11.7 Å². The number of carbonyl (C=O) groups excluding carboxylic acids is 4. The van der Waals surface area contributed by atoms with Crippen LogP contribution in [-0.4, -0.2) is 53.4 Å². The number of benzene rings is 2. The van der Waals surface area contributed by atoms with E-state index < -0.39 is 41.7 Å². The zero-order valence-corrected chi connectivity index (χ0v) is 23.7. The first-order chi connectivity index (χ1) is 18.9. The third kappa shape index (κ3) is 8.08. The first-order valence-electron chi connectivity index (χ1n) is 13.1. The maximum Gasteiger partial charge on any atom is 0.419 e. The molecule has 214 valence electrons. The molecule has 0 aliphatic rings. The highest BCUT2D eigenvalue weighted by Gasteiger charge is 2.31. The van der Waals surface area contributed by atoms with Crippen LogP contribution in [0.2, 0.25) is 0 Å². The van der Waals surface area contributed by atoms with Crippen LogP contribution in [0.5, 0.6) is 0 Å². The Morgan fingerprint density at radius 1 is 0.925 bits per heavy atom. The normalized spacial score (nSPS) is 12.9. The van der Waals surface area contributed by atoms with E-state index in [0.29, 0.717) is 11.1 Å². The van der Waals surface area contributed by atoms with Gasteiger partial charge in [-0.25, -0.2) is 14.4 Å². The zero-order chi connectivity index (χ0) is 29.4. The Morgan fingerprint density at radius 3 is 2.20 bits per heavy atom. The van der Waals surface area contributed by atoms with Crippen molar-refractivity contribution in [2.24, 2.45) is 5.92 Å². The Labute approximate surface area is 234 Å². The number of para-hydroxylation sites is 1. The number of ether oxygens (including phenoxy) is 3. The molecule has 2 N–H and O–H groups in total. The maximum atomic E-state index is 13.3. The summed E-state index contributed by atoms with van der Waals surface area (Å²) in [5, 5.41) is 6.02. The van der Waals surface area contributed by atoms with E-state index in [2.05, 4.69) is 10.6 Å². The molecule has 0 fully saturated rings. The van der Waals surface area contributed by atoms with Crippen LogP contribution in [0.15, 0.2) is 60.8 Å². The summed E-state index contributed by atoms with van der Waals surface area (Å²) in [7, 11) is 1.23. The number of hydrogen-bond donors (Lipinski definition) is 2. The summed E-state index contributed by atoms with van der Waals surface area (Å²) in [5.41, 5.74) is 1.34. The number of amides is 2. The number of fused-ring (bicyclic) bond motifs is 1. The number of nitrogens with one attached hydrogen (secondary N) is 2. The number of esters is 1. The quantitative estimate of drug-likeness (QED) is 0.295. The third-order valence-electron chi connectivity index (χ3n) is 6.05. The van der Waals surface area contributed by atoms with Gasteiger partial charge in [-0.3, -0.25) is 9.36 Å². The van der Waals surface area contributed by atoms with Crippen LogP contribution in [-0.2, 0) is 36.8 Å². The summed E-state index contributed by atoms with van der Waals surface area (Å²) in [6, 6.07) is 14.3. The minimum atomic E-state index is -1.08. The van der Waals surface area contributed by atoms with Gasteiger partial charge in [0.25, 0.3) is 0 Å². The average molecular weight is 552 g/mol. The van der Waals surface area contributed by atoms with E-state index in [-0.39, 0.29) is 18.9 Å². The fourth-order valence-electron chi connectivity index (χ4n) is 4.12. The predicted octanol–water partition coefficient (Wildman–Crippen LogP) is 4.58. The molecule has 2 aromatic carbocycles. The van der Waals surface area contributed by atoms with Gasteiger partial charge in [0.1, 0.15) is 24.3 Å². The minimum absolute atomic E-state index is 0.0397. The Balaban J connectivity index is 1.78. The standard InChI is InChI=1S/C30H37N3O7/c1-19(2)25(32-28(36)39-18-20-12-8-7-9-13-20)26(34)31-23(27(35)38-6)16-21-17-33(29(37)40-30(3,4)5)24-15-11-10-14-22(21)24/h7-15,17,19,23,25H,16,18H2,1-6H3,(H,31,34)(H,32,36)/t23-,25-/m0/s1. The van der Waals surface area contributed by atoms with Gasteiger partial charge in [0.15, 0.2) is 0 Å². The highest BCUT2D eigenvalue weighted by Crippen LogP contribution is 2.24. The molecule has 40 heavy (non-hydrogen) atoms. The van der Waals surface area contributed by atoms with Crippen molar-refractivity contribution in [2.45, 2.75) is 65.3 Å². The van der Waals surface area contributed by atoms with Gasteiger partial charge < -0.3 is 24.8 Å². The molecule has 10 nitrogen and oxygen atoms in total. The molecule has 3 aromatic rings. The van der Waals surface area contributed by atoms with Crippen LogP contribution in [0, 0.1) is 5.92 Å². The Hall–Kier alpha value is -4.34. The first-order valence-corrected chi connectivity index (χ1v) is 13.1. The van der Waals surface area contributed by atoms with Crippen molar-refractivity contribution in [3.63, 3.8) is 0 Å². The van der Waals surface area contributed by atoms with Crippen LogP contribution < -0.4 is 10.6 Å². The molecule has 0 saturated heterocycles. The molecule has 0 spiro atoms. The van der Waals surface area contributed by atoms with Gasteiger partial charge in [-0.15, -0.1) is 0 Å². The summed E-state index contributed by atoms with van der Waals surface area (Å²) < 4.78 is 17.1. The summed E-state index contributed by atoms with van der Waals surface area (Å²) in [4.78, 5) is 51.4. The lowest BCUT2D eigenvalue weighted by Gasteiger charge is -2.24. The molecule has 0 radical (unpaired) electrons. The SMILES string of the molecule is COC(=O)[C@H](Cc1cn(C(=O)OC(C)(C)C)c2ccccc12)NC(=O)[C@@H](NC(=O)OCc1ccccc1)C(C)C. The molecule has 0 aliphatic carbocycles. The fraction of sp³-hybridized carbons (Fsp3) is 0.400. The predicted molar refractivity (Wildman–Crippen MR) is 150 cm³/mol. The summed E-state index contributed by atoms with van der Waals surface area (Å²) in [6.07, 6.45) is 0.317. The minimum Gasteiger partial charge on any atom is -0.467 e. The van der Waals surface area contributed by atoms with Crippen LogP contribution in [0.4, 0.5) is 9.59 Å². The van der Waals surface area contributed by atoms with Crippen LogP contribution in [0.25, 0.3) is 10.9 Å². The van der Waals surface area contributed by atoms with Gasteiger partial charge in [0.05, 0.1) is 12.6 Å². The van der Waals surface area contributed by atoms with E-state index >= 15 is 0 Å². The van der Waals surface area contributed by atoms with Gasteiger partial charge >= 0.3 is 18.2 Å². The second-order valence-electron chi connectivity index (χ2n) is 10.7. The molecule has 0 saturated carbocycles. The van der Waals surface area contributed by atoms with Crippen molar-refractivity contribution >= 4 is 35.0 Å². The van der Waals surface area contributed by atoms with Gasteiger partial charge in [-0.05, 0) is 43.9 Å². The van der Waals surface area contributed by atoms with Crippen molar-refractivity contribution in [3.05, 3.63) is 71.9 Å². The van der Waals surface area contributed by atoms with E-state index in [4.69, 9.17) is 14.2 Å². The third-order valence-corrected chi connectivity index (χ3v) is 6.05. The van der Waals surface area contributed by atoms with Crippen LogP contribution >= 0.6 is 0 Å². The molecule has 1 heterocycles. The molecular formula is C30H37N3O7. The molecule has 1 aromatic heterocycles. The monoisotopic (exact) mass is 551 g/mol. The Kier molecular flexibility index (Phi) is 9.93. The molecule has 2 atom stereocenters. The number of alkyl carbamates (subject to hydrolysis) is 1. The molecule has 0 aliphatic heterocycles. The van der Waals surface area contributed by atoms with E-state index in [0.717, 1.165) is 10.9 Å². The number of hydrogen-bond acceptors (Lipinski definition) is 7. The highest BCUT2D eigenvalue weighted by molar-refractivity contribution is 5.93. The van der Waals surface area contributed by atoms with Crippen LogP contribution in [0.1, 0.15) is 45.7 Å². The number of aromatic nitrogens is 1. The summed E-state index contributed by atoms with van der Waals surface area (Å²) >= 11 is 0. The van der Waals surface area contributed by atoms with Crippen molar-refractivity contribution in [1.82, 2.24) is 15.2 Å². The summed E-state index contributed by atoms with van der Waals surface area (Å²) in [5.74, 6) is -1.55. The average Bonchev–Trinajstić information content (AvgIpc) is 3.27. The highest BCUT2D eigenvalue weighted by atomic mass is 16.6. The molecule has 0 unspecified atom stereocenters. The van der Waals surface area contributed by atoms with Gasteiger partial charge in [0.2, 0.25) is 5.91 Å². The van der Waals surface area contributed by atoms with E-state index in [1.807, 2.05) is 42.5 Å². The molecule has 0 bridgehead atoms. The van der Waals surface area contributed by atoms with Crippen molar-refractivity contribution in [2.75, 3.05) is 7.11 Å². The maximum absolute atomic E-state index is 13.3. The van der Waals surface area contributed by atoms with Gasteiger partial charge in [-0.1, -0.05) is 62.4 Å². The van der Waals surface area contributed by atoms with Gasteiger partial charge in [0, 0.05) is 18.0 Å². The topological polar surface area (TPSA) is 125 Å². The second kappa shape index (κ2) is 13.1. The number of methoxy groups -OCH3 is 1. The molecule has 3 rings (SSSR count). The second-order valence-corrected chi connectivity index (χ2v) is 10.7. The Morgan fingerprint density at radius 2 is 1.57 bits per heavy atom. The van der Waals surface area contributed by atoms with Gasteiger partial charge in [-0.2, -0.15) is 0 Å². The lowest BCUT2D eigenvalue weighted by molar-refractivity contribution is -0.145. The van der Waals surface area contributed by atoms with Crippen molar-refractivity contribution < 1.29 is 33.4 Å². The molecule has 2 amide bonds. The van der Waals surface area contributed by atoms with Crippen molar-refractivity contribution in [3.8, 4) is 0 Å².